The highest BCUT2D eigenvalue weighted by Gasteiger charge is 2.41. The number of methoxy groups -OCH3 is 1. The molecule has 0 N–H and O–H groups in total. The van der Waals surface area contributed by atoms with E-state index < -0.39 is 0 Å². The first-order valence-corrected chi connectivity index (χ1v) is 10.5. The highest BCUT2D eigenvalue weighted by molar-refractivity contribution is 6.05. The lowest BCUT2D eigenvalue weighted by molar-refractivity contribution is -0.145. The zero-order valence-corrected chi connectivity index (χ0v) is 16.7. The molecule has 0 unspecified atom stereocenters. The zero-order valence-electron chi connectivity index (χ0n) is 16.7. The third kappa shape index (κ3) is 3.50. The summed E-state index contributed by atoms with van der Waals surface area (Å²) in [6.45, 7) is 0.991. The summed E-state index contributed by atoms with van der Waals surface area (Å²) < 4.78 is 10.8. The molecule has 2 aromatic carbocycles. The van der Waals surface area contributed by atoms with Crippen molar-refractivity contribution in [2.75, 3.05) is 20.3 Å². The standard InChI is InChI=1S/C24H26N2O3/c1-28-19-11-8-17(9-12-19)23-21-13-10-16-4-2-3-5-20(16)22(21)25-26(23)14-15-29-24(27)18-6-7-18/h2-5,8-9,11-12,18,21,23H,6-7,10,13-15H2,1H3/t21-,23+/m1/s1. The second-order valence-electron chi connectivity index (χ2n) is 8.11. The molecule has 5 nitrogen and oxygen atoms in total. The molecular weight excluding hydrogens is 364 g/mol. The molecule has 2 aliphatic carbocycles. The predicted molar refractivity (Wildman–Crippen MR) is 111 cm³/mol. The summed E-state index contributed by atoms with van der Waals surface area (Å²) in [6, 6.07) is 17.0. The van der Waals surface area contributed by atoms with Gasteiger partial charge in [-0.1, -0.05) is 36.4 Å². The van der Waals surface area contributed by atoms with Gasteiger partial charge in [-0.05, 0) is 48.9 Å². The van der Waals surface area contributed by atoms with Crippen LogP contribution < -0.4 is 4.74 Å². The van der Waals surface area contributed by atoms with Crippen molar-refractivity contribution in [2.24, 2.45) is 16.9 Å². The number of aryl methyl sites for hydroxylation is 1. The lowest BCUT2D eigenvalue weighted by Gasteiger charge is -2.30. The molecule has 0 saturated heterocycles. The van der Waals surface area contributed by atoms with Crippen molar-refractivity contribution in [1.29, 1.82) is 0 Å². The monoisotopic (exact) mass is 390 g/mol. The third-order valence-corrected chi connectivity index (χ3v) is 6.24. The Hall–Kier alpha value is -2.82. The molecule has 0 aromatic heterocycles. The van der Waals surface area contributed by atoms with Gasteiger partial charge in [-0.2, -0.15) is 5.10 Å². The van der Waals surface area contributed by atoms with Crippen LogP contribution in [0.2, 0.25) is 0 Å². The minimum Gasteiger partial charge on any atom is -0.497 e. The van der Waals surface area contributed by atoms with Gasteiger partial charge in [0, 0.05) is 11.5 Å². The van der Waals surface area contributed by atoms with Crippen molar-refractivity contribution in [2.45, 2.75) is 31.7 Å². The lowest BCUT2D eigenvalue weighted by atomic mass is 9.77. The normalized spacial score (nSPS) is 22.5. The molecule has 3 aliphatic rings. The van der Waals surface area contributed by atoms with E-state index in [4.69, 9.17) is 14.6 Å². The number of benzene rings is 2. The molecule has 2 aromatic rings. The van der Waals surface area contributed by atoms with Gasteiger partial charge in [0.15, 0.2) is 0 Å². The Balaban J connectivity index is 1.41. The number of hydrogen-bond acceptors (Lipinski definition) is 5. The maximum absolute atomic E-state index is 11.9. The van der Waals surface area contributed by atoms with E-state index in [0.29, 0.717) is 19.1 Å². The van der Waals surface area contributed by atoms with Crippen LogP contribution in [-0.2, 0) is 16.0 Å². The first kappa shape index (κ1) is 18.2. The SMILES string of the molecule is COc1ccc([C@H]2[C@@H]3CCc4ccccc4C3=NN2CCOC(=O)C2CC2)cc1. The Morgan fingerprint density at radius 3 is 2.66 bits per heavy atom. The zero-order chi connectivity index (χ0) is 19.8. The number of esters is 1. The Kier molecular flexibility index (Phi) is 4.74. The van der Waals surface area contributed by atoms with Gasteiger partial charge in [0.25, 0.3) is 0 Å². The van der Waals surface area contributed by atoms with Gasteiger partial charge < -0.3 is 9.47 Å². The van der Waals surface area contributed by atoms with Gasteiger partial charge in [-0.25, -0.2) is 0 Å². The second-order valence-corrected chi connectivity index (χ2v) is 8.11. The van der Waals surface area contributed by atoms with E-state index in [-0.39, 0.29) is 17.9 Å². The molecule has 2 atom stereocenters. The predicted octanol–water partition coefficient (Wildman–Crippen LogP) is 3.97. The van der Waals surface area contributed by atoms with Crippen molar-refractivity contribution in [3.05, 3.63) is 65.2 Å². The highest BCUT2D eigenvalue weighted by atomic mass is 16.5. The van der Waals surface area contributed by atoms with E-state index in [1.54, 1.807) is 7.11 Å². The molecule has 150 valence electrons. The third-order valence-electron chi connectivity index (χ3n) is 6.24. The average Bonchev–Trinajstić information content (AvgIpc) is 3.55. The van der Waals surface area contributed by atoms with Crippen LogP contribution in [0.25, 0.3) is 0 Å². The summed E-state index contributed by atoms with van der Waals surface area (Å²) in [5, 5.41) is 7.17. The van der Waals surface area contributed by atoms with Gasteiger partial charge >= 0.3 is 5.97 Å². The first-order valence-electron chi connectivity index (χ1n) is 10.5. The van der Waals surface area contributed by atoms with Gasteiger partial charge in [-0.3, -0.25) is 9.80 Å². The van der Waals surface area contributed by atoms with Crippen LogP contribution in [0.15, 0.2) is 53.6 Å². The van der Waals surface area contributed by atoms with Crippen LogP contribution in [-0.4, -0.2) is 37.0 Å². The molecule has 1 aliphatic heterocycles. The number of fused-ring (bicyclic) bond motifs is 3. The van der Waals surface area contributed by atoms with Crippen molar-refractivity contribution in [1.82, 2.24) is 5.01 Å². The topological polar surface area (TPSA) is 51.1 Å². The van der Waals surface area contributed by atoms with Crippen LogP contribution >= 0.6 is 0 Å². The van der Waals surface area contributed by atoms with E-state index in [1.165, 1.54) is 22.4 Å². The average molecular weight is 390 g/mol. The number of hydrogen-bond donors (Lipinski definition) is 0. The Labute approximate surface area is 171 Å². The molecule has 29 heavy (non-hydrogen) atoms. The summed E-state index contributed by atoms with van der Waals surface area (Å²) in [7, 11) is 1.68. The first-order chi connectivity index (χ1) is 14.2. The van der Waals surface area contributed by atoms with Gasteiger partial charge in [0.05, 0.1) is 31.3 Å². The van der Waals surface area contributed by atoms with Crippen LogP contribution in [0.3, 0.4) is 0 Å². The smallest absolute Gasteiger partial charge is 0.308 e. The maximum atomic E-state index is 11.9. The highest BCUT2D eigenvalue weighted by Crippen LogP contribution is 2.43. The minimum absolute atomic E-state index is 0.0550. The fourth-order valence-electron chi connectivity index (χ4n) is 4.55. The lowest BCUT2D eigenvalue weighted by Crippen LogP contribution is -2.31. The fraction of sp³-hybridized carbons (Fsp3) is 0.417. The van der Waals surface area contributed by atoms with Crippen molar-refractivity contribution in [3.8, 4) is 5.75 Å². The van der Waals surface area contributed by atoms with Gasteiger partial charge in [-0.15, -0.1) is 0 Å². The molecule has 1 heterocycles. The molecule has 5 rings (SSSR count). The van der Waals surface area contributed by atoms with Crippen LogP contribution in [0.1, 0.15) is 42.0 Å². The van der Waals surface area contributed by atoms with Crippen LogP contribution in [0.5, 0.6) is 5.75 Å². The maximum Gasteiger partial charge on any atom is 0.308 e. The van der Waals surface area contributed by atoms with E-state index >= 15 is 0 Å². The van der Waals surface area contributed by atoms with E-state index in [9.17, 15) is 4.79 Å². The van der Waals surface area contributed by atoms with E-state index in [0.717, 1.165) is 31.4 Å². The second kappa shape index (κ2) is 7.54. The molecule has 0 radical (unpaired) electrons. The molecular formula is C24H26N2O3. The molecule has 0 amide bonds. The molecule has 5 heteroatoms. The quantitative estimate of drug-likeness (QED) is 0.701. The molecule has 0 spiro atoms. The Bertz CT molecular complexity index is 933. The number of rotatable bonds is 6. The number of nitrogens with zero attached hydrogens (tertiary/aromatic N) is 2. The minimum atomic E-state index is -0.0550. The summed E-state index contributed by atoms with van der Waals surface area (Å²) >= 11 is 0. The van der Waals surface area contributed by atoms with Crippen molar-refractivity contribution < 1.29 is 14.3 Å². The Morgan fingerprint density at radius 2 is 1.90 bits per heavy atom. The van der Waals surface area contributed by atoms with Gasteiger partial charge in [0.2, 0.25) is 0 Å². The number of carbonyl (C=O) groups is 1. The van der Waals surface area contributed by atoms with Crippen molar-refractivity contribution >= 4 is 11.7 Å². The van der Waals surface area contributed by atoms with E-state index in [2.05, 4.69) is 41.4 Å². The number of hydrazone groups is 1. The molecule has 1 saturated carbocycles. The van der Waals surface area contributed by atoms with Crippen LogP contribution in [0.4, 0.5) is 0 Å². The summed E-state index contributed by atoms with van der Waals surface area (Å²) in [5.41, 5.74) is 5.03. The summed E-state index contributed by atoms with van der Waals surface area (Å²) in [4.78, 5) is 11.9. The number of ether oxygens (including phenoxy) is 2. The molecule has 0 bridgehead atoms. The van der Waals surface area contributed by atoms with Crippen molar-refractivity contribution in [3.63, 3.8) is 0 Å². The fourth-order valence-corrected chi connectivity index (χ4v) is 4.55. The number of carbonyl (C=O) groups excluding carboxylic acids is 1. The summed E-state index contributed by atoms with van der Waals surface area (Å²) in [5.74, 6) is 1.27. The summed E-state index contributed by atoms with van der Waals surface area (Å²) in [6.07, 6.45) is 4.08. The van der Waals surface area contributed by atoms with E-state index in [1.807, 2.05) is 12.1 Å². The van der Waals surface area contributed by atoms with Crippen LogP contribution in [0, 0.1) is 11.8 Å². The molecule has 1 fully saturated rings. The largest absolute Gasteiger partial charge is 0.497 e. The Morgan fingerprint density at radius 1 is 1.10 bits per heavy atom. The van der Waals surface area contributed by atoms with Gasteiger partial charge in [0.1, 0.15) is 12.4 Å².